The third kappa shape index (κ3) is 3.69. The Hall–Kier alpha value is -1.39. The van der Waals surface area contributed by atoms with E-state index >= 15 is 0 Å². The Morgan fingerprint density at radius 1 is 1.40 bits per heavy atom. The molecule has 0 amide bonds. The number of carbonyl (C=O) groups excluding carboxylic acids is 1. The van der Waals surface area contributed by atoms with Crippen LogP contribution < -0.4 is 5.32 Å². The van der Waals surface area contributed by atoms with Crippen LogP contribution in [0.5, 0.6) is 0 Å². The molecule has 3 N–H and O–H groups in total. The van der Waals surface area contributed by atoms with Gasteiger partial charge in [-0.1, -0.05) is 0 Å². The van der Waals surface area contributed by atoms with Crippen molar-refractivity contribution in [2.45, 2.75) is 13.0 Å². The highest BCUT2D eigenvalue weighted by Gasteiger charge is 2.02. The summed E-state index contributed by atoms with van der Waals surface area (Å²) in [5.74, 6) is 0.0249. The molecule has 0 heterocycles. The first-order valence-corrected chi connectivity index (χ1v) is 4.77. The summed E-state index contributed by atoms with van der Waals surface area (Å²) in [6, 6.07) is 6.97. The first kappa shape index (κ1) is 11.7. The monoisotopic (exact) mass is 209 g/mol. The minimum Gasteiger partial charge on any atom is -0.394 e. The summed E-state index contributed by atoms with van der Waals surface area (Å²) in [5.41, 5.74) is 1.47. The second-order valence-electron chi connectivity index (χ2n) is 3.35. The Kier molecular flexibility index (Phi) is 4.27. The molecule has 4 nitrogen and oxygen atoms in total. The standard InChI is InChI=1S/C11H15NO3/c1-8(14)9-2-4-10(5-3-9)12-6-11(15)7-13/h2-5,11-13,15H,6-7H2,1H3. The predicted molar refractivity (Wildman–Crippen MR) is 58.0 cm³/mol. The number of ketones is 1. The fraction of sp³-hybridized carbons (Fsp3) is 0.364. The smallest absolute Gasteiger partial charge is 0.159 e. The van der Waals surface area contributed by atoms with Crippen molar-refractivity contribution in [3.05, 3.63) is 29.8 Å². The zero-order valence-electron chi connectivity index (χ0n) is 8.60. The average molecular weight is 209 g/mol. The summed E-state index contributed by atoms with van der Waals surface area (Å²) in [7, 11) is 0. The second-order valence-corrected chi connectivity index (χ2v) is 3.35. The van der Waals surface area contributed by atoms with Gasteiger partial charge in [0.05, 0.1) is 12.7 Å². The van der Waals surface area contributed by atoms with Crippen molar-refractivity contribution in [3.63, 3.8) is 0 Å². The zero-order valence-corrected chi connectivity index (χ0v) is 8.60. The number of rotatable bonds is 5. The van der Waals surface area contributed by atoms with Crippen LogP contribution in [0.1, 0.15) is 17.3 Å². The van der Waals surface area contributed by atoms with Crippen LogP contribution in [0.25, 0.3) is 0 Å². The zero-order chi connectivity index (χ0) is 11.3. The van der Waals surface area contributed by atoms with E-state index in [9.17, 15) is 4.79 Å². The van der Waals surface area contributed by atoms with Gasteiger partial charge in [0.25, 0.3) is 0 Å². The van der Waals surface area contributed by atoms with Gasteiger partial charge >= 0.3 is 0 Å². The van der Waals surface area contributed by atoms with Crippen LogP contribution in [0.3, 0.4) is 0 Å². The van der Waals surface area contributed by atoms with Gasteiger partial charge in [0.1, 0.15) is 0 Å². The number of hydrogen-bond donors (Lipinski definition) is 3. The lowest BCUT2D eigenvalue weighted by Crippen LogP contribution is -2.22. The first-order chi connectivity index (χ1) is 7.13. The molecule has 1 aromatic rings. The Bertz CT molecular complexity index is 321. The van der Waals surface area contributed by atoms with E-state index in [2.05, 4.69) is 5.32 Å². The molecule has 82 valence electrons. The van der Waals surface area contributed by atoms with Gasteiger partial charge in [0.2, 0.25) is 0 Å². The van der Waals surface area contributed by atoms with Crippen LogP contribution in [-0.4, -0.2) is 35.3 Å². The van der Waals surface area contributed by atoms with Crippen molar-refractivity contribution < 1.29 is 15.0 Å². The Morgan fingerprint density at radius 3 is 2.47 bits per heavy atom. The van der Waals surface area contributed by atoms with Crippen molar-refractivity contribution in [2.75, 3.05) is 18.5 Å². The Labute approximate surface area is 88.6 Å². The molecule has 0 fully saturated rings. The first-order valence-electron chi connectivity index (χ1n) is 4.77. The van der Waals surface area contributed by atoms with Crippen molar-refractivity contribution in [3.8, 4) is 0 Å². The summed E-state index contributed by atoms with van der Waals surface area (Å²) >= 11 is 0. The second kappa shape index (κ2) is 5.48. The van der Waals surface area contributed by atoms with E-state index in [4.69, 9.17) is 10.2 Å². The fourth-order valence-electron chi connectivity index (χ4n) is 1.12. The van der Waals surface area contributed by atoms with E-state index in [0.717, 1.165) is 5.69 Å². The number of nitrogens with one attached hydrogen (secondary N) is 1. The van der Waals surface area contributed by atoms with E-state index in [1.54, 1.807) is 24.3 Å². The van der Waals surface area contributed by atoms with Gasteiger partial charge in [-0.25, -0.2) is 0 Å². The van der Waals surface area contributed by atoms with E-state index in [0.29, 0.717) is 5.56 Å². The van der Waals surface area contributed by atoms with E-state index in [1.165, 1.54) is 6.92 Å². The van der Waals surface area contributed by atoms with Crippen LogP contribution in [0, 0.1) is 0 Å². The maximum atomic E-state index is 11.0. The SMILES string of the molecule is CC(=O)c1ccc(NCC(O)CO)cc1. The highest BCUT2D eigenvalue weighted by Crippen LogP contribution is 2.09. The minimum atomic E-state index is -0.766. The molecule has 0 bridgehead atoms. The van der Waals surface area contributed by atoms with Crippen LogP contribution in [-0.2, 0) is 0 Å². The molecule has 1 atom stereocenters. The third-order valence-electron chi connectivity index (χ3n) is 2.04. The molecular weight excluding hydrogens is 194 g/mol. The van der Waals surface area contributed by atoms with Crippen LogP contribution >= 0.6 is 0 Å². The molecule has 0 aliphatic rings. The quantitative estimate of drug-likeness (QED) is 0.623. The largest absolute Gasteiger partial charge is 0.394 e. The number of Topliss-reactive ketones (excluding diaryl/α,β-unsaturated/α-hetero) is 1. The highest BCUT2D eigenvalue weighted by atomic mass is 16.3. The minimum absolute atomic E-state index is 0.0249. The highest BCUT2D eigenvalue weighted by molar-refractivity contribution is 5.94. The normalized spacial score (nSPS) is 12.2. The third-order valence-corrected chi connectivity index (χ3v) is 2.04. The summed E-state index contributed by atoms with van der Waals surface area (Å²) in [6.45, 7) is 1.53. The maximum Gasteiger partial charge on any atom is 0.159 e. The molecule has 0 aliphatic heterocycles. The van der Waals surface area contributed by atoms with Gasteiger partial charge < -0.3 is 15.5 Å². The topological polar surface area (TPSA) is 69.6 Å². The molecule has 0 saturated carbocycles. The number of aliphatic hydroxyl groups is 2. The molecule has 1 rings (SSSR count). The van der Waals surface area contributed by atoms with Gasteiger partial charge in [0.15, 0.2) is 5.78 Å². The van der Waals surface area contributed by atoms with Crippen molar-refractivity contribution in [1.29, 1.82) is 0 Å². The molecule has 0 aromatic heterocycles. The maximum absolute atomic E-state index is 11.0. The fourth-order valence-corrected chi connectivity index (χ4v) is 1.12. The van der Waals surface area contributed by atoms with Gasteiger partial charge in [0, 0.05) is 17.8 Å². The van der Waals surface area contributed by atoms with Crippen molar-refractivity contribution in [2.24, 2.45) is 0 Å². The van der Waals surface area contributed by atoms with Crippen molar-refractivity contribution >= 4 is 11.5 Å². The summed E-state index contributed by atoms with van der Waals surface area (Å²) in [5, 5.41) is 20.6. The number of carbonyl (C=O) groups is 1. The van der Waals surface area contributed by atoms with Gasteiger partial charge in [-0.3, -0.25) is 4.79 Å². The lowest BCUT2D eigenvalue weighted by Gasteiger charge is -2.10. The number of anilines is 1. The molecule has 1 aromatic carbocycles. The molecule has 0 radical (unpaired) electrons. The lowest BCUT2D eigenvalue weighted by molar-refractivity contribution is 0.101. The lowest BCUT2D eigenvalue weighted by atomic mass is 10.1. The van der Waals surface area contributed by atoms with Gasteiger partial charge in [-0.15, -0.1) is 0 Å². The van der Waals surface area contributed by atoms with E-state index in [1.807, 2.05) is 0 Å². The predicted octanol–water partition coefficient (Wildman–Crippen LogP) is 0.654. The molecule has 4 heteroatoms. The van der Waals surface area contributed by atoms with E-state index in [-0.39, 0.29) is 18.9 Å². The average Bonchev–Trinajstić information content (AvgIpc) is 2.26. The van der Waals surface area contributed by atoms with Gasteiger partial charge in [-0.2, -0.15) is 0 Å². The Morgan fingerprint density at radius 2 is 2.00 bits per heavy atom. The Balaban J connectivity index is 2.53. The number of aliphatic hydroxyl groups excluding tert-OH is 2. The molecule has 1 unspecified atom stereocenters. The number of benzene rings is 1. The molecule has 15 heavy (non-hydrogen) atoms. The molecule has 0 aliphatic carbocycles. The molecule has 0 spiro atoms. The van der Waals surface area contributed by atoms with Crippen molar-refractivity contribution in [1.82, 2.24) is 0 Å². The van der Waals surface area contributed by atoms with Crippen LogP contribution in [0.15, 0.2) is 24.3 Å². The summed E-state index contributed by atoms with van der Waals surface area (Å²) < 4.78 is 0. The summed E-state index contributed by atoms with van der Waals surface area (Å²) in [6.07, 6.45) is -0.766. The van der Waals surface area contributed by atoms with Crippen LogP contribution in [0.4, 0.5) is 5.69 Å². The molecule has 0 saturated heterocycles. The number of hydrogen-bond acceptors (Lipinski definition) is 4. The van der Waals surface area contributed by atoms with Gasteiger partial charge in [-0.05, 0) is 31.2 Å². The molecular formula is C11H15NO3. The van der Waals surface area contributed by atoms with Crippen LogP contribution in [0.2, 0.25) is 0 Å². The summed E-state index contributed by atoms with van der Waals surface area (Å²) in [4.78, 5) is 11.0. The van der Waals surface area contributed by atoms with E-state index < -0.39 is 6.10 Å².